The quantitative estimate of drug-likeness (QED) is 0.473. The average Bonchev–Trinajstić information content (AvgIpc) is 2.12. The molecule has 0 bridgehead atoms. The van der Waals surface area contributed by atoms with Crippen LogP contribution in [0.2, 0.25) is 0 Å². The van der Waals surface area contributed by atoms with E-state index < -0.39 is 0 Å². The third-order valence-corrected chi connectivity index (χ3v) is 2.81. The zero-order valence-corrected chi connectivity index (χ0v) is 6.28. The van der Waals surface area contributed by atoms with Gasteiger partial charge < -0.3 is 0 Å². The molecule has 1 aliphatic rings. The summed E-state index contributed by atoms with van der Waals surface area (Å²) < 4.78 is 0. The molecule has 44 valence electrons. The molecule has 1 heteroatoms. The standard InChI is InChI=1S/C7H11P/c1-8(2)7-5-3-4-6-7/h3-5H,6H2,1-2H3. The molecular weight excluding hydrogens is 115 g/mol. The normalized spacial score (nSPS) is 17.6. The van der Waals surface area contributed by atoms with Crippen molar-refractivity contribution in [2.24, 2.45) is 0 Å². The monoisotopic (exact) mass is 126 g/mol. The van der Waals surface area contributed by atoms with Gasteiger partial charge in [-0.15, -0.1) is 0 Å². The van der Waals surface area contributed by atoms with Crippen molar-refractivity contribution >= 4 is 7.92 Å². The van der Waals surface area contributed by atoms with Gasteiger partial charge in [-0.05, 0) is 25.1 Å². The van der Waals surface area contributed by atoms with Crippen LogP contribution in [-0.4, -0.2) is 13.3 Å². The summed E-state index contributed by atoms with van der Waals surface area (Å²) in [6, 6.07) is 0. The van der Waals surface area contributed by atoms with E-state index in [4.69, 9.17) is 0 Å². The summed E-state index contributed by atoms with van der Waals surface area (Å²) in [4.78, 5) is 0. The van der Waals surface area contributed by atoms with E-state index in [9.17, 15) is 0 Å². The second kappa shape index (κ2) is 2.46. The molecular formula is C7H11P. The highest BCUT2D eigenvalue weighted by Crippen LogP contribution is 2.40. The summed E-state index contributed by atoms with van der Waals surface area (Å²) in [5.74, 6) is 0. The lowest BCUT2D eigenvalue weighted by molar-refractivity contribution is 1.40. The second-order valence-electron chi connectivity index (χ2n) is 2.18. The van der Waals surface area contributed by atoms with Gasteiger partial charge in [0, 0.05) is 0 Å². The number of allylic oxidation sites excluding steroid dienone is 4. The minimum Gasteiger partial charge on any atom is -0.0858 e. The van der Waals surface area contributed by atoms with Crippen LogP contribution in [0.25, 0.3) is 0 Å². The van der Waals surface area contributed by atoms with Gasteiger partial charge in [0.2, 0.25) is 0 Å². The Labute approximate surface area is 52.0 Å². The van der Waals surface area contributed by atoms with Gasteiger partial charge in [0.15, 0.2) is 0 Å². The van der Waals surface area contributed by atoms with Gasteiger partial charge in [0.25, 0.3) is 0 Å². The molecule has 0 N–H and O–H groups in total. The molecule has 0 spiro atoms. The summed E-state index contributed by atoms with van der Waals surface area (Å²) in [6.45, 7) is 4.60. The van der Waals surface area contributed by atoms with Gasteiger partial charge in [-0.1, -0.05) is 26.1 Å². The van der Waals surface area contributed by atoms with E-state index in [2.05, 4.69) is 31.6 Å². The van der Waals surface area contributed by atoms with Crippen molar-refractivity contribution in [3.05, 3.63) is 23.5 Å². The SMILES string of the molecule is CP(C)C1=CC=CC1. The lowest BCUT2D eigenvalue weighted by Gasteiger charge is -2.03. The zero-order chi connectivity index (χ0) is 5.98. The summed E-state index contributed by atoms with van der Waals surface area (Å²) >= 11 is 0. The van der Waals surface area contributed by atoms with Gasteiger partial charge in [0.05, 0.1) is 0 Å². The van der Waals surface area contributed by atoms with E-state index >= 15 is 0 Å². The first kappa shape index (κ1) is 6.04. The van der Waals surface area contributed by atoms with Crippen LogP contribution in [0.1, 0.15) is 6.42 Å². The van der Waals surface area contributed by atoms with Crippen LogP contribution in [0.15, 0.2) is 23.5 Å². The molecule has 1 aliphatic carbocycles. The predicted octanol–water partition coefficient (Wildman–Crippen LogP) is 2.57. The van der Waals surface area contributed by atoms with Gasteiger partial charge in [-0.25, -0.2) is 0 Å². The molecule has 0 atom stereocenters. The molecule has 0 saturated heterocycles. The van der Waals surface area contributed by atoms with Crippen LogP contribution >= 0.6 is 7.92 Å². The minimum atomic E-state index is 0.197. The smallest absolute Gasteiger partial charge is 0.00901 e. The lowest BCUT2D eigenvalue weighted by Crippen LogP contribution is -1.70. The van der Waals surface area contributed by atoms with Crippen molar-refractivity contribution in [2.45, 2.75) is 6.42 Å². The lowest BCUT2D eigenvalue weighted by atomic mass is 10.5. The van der Waals surface area contributed by atoms with Crippen molar-refractivity contribution < 1.29 is 0 Å². The van der Waals surface area contributed by atoms with Crippen LogP contribution < -0.4 is 0 Å². The molecule has 1 rings (SSSR count). The maximum absolute atomic E-state index is 2.30. The first-order valence-corrected chi connectivity index (χ1v) is 5.07. The molecule has 0 unspecified atom stereocenters. The molecule has 0 aliphatic heterocycles. The Balaban J connectivity index is 2.51. The average molecular weight is 126 g/mol. The van der Waals surface area contributed by atoms with Gasteiger partial charge in [0.1, 0.15) is 0 Å². The molecule has 0 aromatic rings. The molecule has 0 aromatic carbocycles. The second-order valence-corrected chi connectivity index (χ2v) is 4.55. The third kappa shape index (κ3) is 1.20. The molecule has 0 saturated carbocycles. The van der Waals surface area contributed by atoms with Crippen molar-refractivity contribution in [1.82, 2.24) is 0 Å². The predicted molar refractivity (Wildman–Crippen MR) is 40.6 cm³/mol. The van der Waals surface area contributed by atoms with E-state index in [0.29, 0.717) is 0 Å². The first-order valence-electron chi connectivity index (χ1n) is 2.84. The third-order valence-electron chi connectivity index (χ3n) is 1.33. The number of rotatable bonds is 1. The highest BCUT2D eigenvalue weighted by atomic mass is 31.1. The van der Waals surface area contributed by atoms with E-state index in [1.165, 1.54) is 6.42 Å². The Morgan fingerprint density at radius 2 is 2.25 bits per heavy atom. The Morgan fingerprint density at radius 3 is 2.50 bits per heavy atom. The van der Waals surface area contributed by atoms with Crippen LogP contribution in [0.4, 0.5) is 0 Å². The molecule has 0 radical (unpaired) electrons. The van der Waals surface area contributed by atoms with Crippen LogP contribution in [-0.2, 0) is 0 Å². The van der Waals surface area contributed by atoms with E-state index in [1.807, 2.05) is 0 Å². The topological polar surface area (TPSA) is 0 Å². The highest BCUT2D eigenvalue weighted by Gasteiger charge is 2.01. The molecule has 0 heterocycles. The van der Waals surface area contributed by atoms with Gasteiger partial charge in [-0.2, -0.15) is 0 Å². The van der Waals surface area contributed by atoms with Crippen LogP contribution in [0, 0.1) is 0 Å². The largest absolute Gasteiger partial charge is 0.0858 e. The Morgan fingerprint density at radius 1 is 1.50 bits per heavy atom. The summed E-state index contributed by atoms with van der Waals surface area (Å²) in [7, 11) is 0.197. The Kier molecular flexibility index (Phi) is 1.85. The first-order chi connectivity index (χ1) is 3.80. The number of hydrogen-bond donors (Lipinski definition) is 0. The molecule has 0 fully saturated rings. The fourth-order valence-electron chi connectivity index (χ4n) is 0.768. The molecule has 0 aromatic heterocycles. The van der Waals surface area contributed by atoms with Crippen molar-refractivity contribution in [3.8, 4) is 0 Å². The molecule has 0 amide bonds. The van der Waals surface area contributed by atoms with Crippen LogP contribution in [0.3, 0.4) is 0 Å². The maximum Gasteiger partial charge on any atom is -0.00901 e. The zero-order valence-electron chi connectivity index (χ0n) is 5.39. The van der Waals surface area contributed by atoms with Crippen molar-refractivity contribution in [1.29, 1.82) is 0 Å². The summed E-state index contributed by atoms with van der Waals surface area (Å²) in [6.07, 6.45) is 7.82. The van der Waals surface area contributed by atoms with E-state index in [0.717, 1.165) is 0 Å². The van der Waals surface area contributed by atoms with Gasteiger partial charge >= 0.3 is 0 Å². The van der Waals surface area contributed by atoms with Crippen molar-refractivity contribution in [3.63, 3.8) is 0 Å². The number of hydrogen-bond acceptors (Lipinski definition) is 0. The van der Waals surface area contributed by atoms with E-state index in [1.54, 1.807) is 5.31 Å². The van der Waals surface area contributed by atoms with Gasteiger partial charge in [-0.3, -0.25) is 0 Å². The van der Waals surface area contributed by atoms with Crippen LogP contribution in [0.5, 0.6) is 0 Å². The molecule has 8 heavy (non-hydrogen) atoms. The Hall–Kier alpha value is -0.0900. The van der Waals surface area contributed by atoms with E-state index in [-0.39, 0.29) is 7.92 Å². The minimum absolute atomic E-state index is 0.197. The maximum atomic E-state index is 2.30. The highest BCUT2D eigenvalue weighted by molar-refractivity contribution is 7.60. The molecule has 0 nitrogen and oxygen atoms in total. The summed E-state index contributed by atoms with van der Waals surface area (Å²) in [5.41, 5.74) is 0. The fourth-order valence-corrected chi connectivity index (χ4v) is 1.62. The fraction of sp³-hybridized carbons (Fsp3) is 0.429. The van der Waals surface area contributed by atoms with Crippen molar-refractivity contribution in [2.75, 3.05) is 13.3 Å². The Bertz CT molecular complexity index is 131. The summed E-state index contributed by atoms with van der Waals surface area (Å²) in [5, 5.41) is 1.63.